The number of nitrogens with zero attached hydrogens (tertiary/aromatic N) is 5. The maximum atomic E-state index is 12.7. The summed E-state index contributed by atoms with van der Waals surface area (Å²) < 4.78 is 0. The van der Waals surface area contributed by atoms with Crippen molar-refractivity contribution in [1.29, 1.82) is 0 Å². The molecule has 150 valence electrons. The van der Waals surface area contributed by atoms with Gasteiger partial charge in [0, 0.05) is 44.3 Å². The predicted molar refractivity (Wildman–Crippen MR) is 117 cm³/mol. The molecule has 0 spiro atoms. The van der Waals surface area contributed by atoms with Gasteiger partial charge < -0.3 is 15.1 Å². The number of anilines is 2. The fraction of sp³-hybridized carbons (Fsp3) is 0.333. The summed E-state index contributed by atoms with van der Waals surface area (Å²) in [6, 6.07) is 13.8. The molecule has 1 N–H and O–H groups in total. The van der Waals surface area contributed by atoms with Crippen LogP contribution in [0.25, 0.3) is 10.9 Å². The Balaban J connectivity index is 1.36. The summed E-state index contributed by atoms with van der Waals surface area (Å²) in [6.07, 6.45) is 1.80. The van der Waals surface area contributed by atoms with Crippen molar-refractivity contribution in [3.63, 3.8) is 0 Å². The third kappa shape index (κ3) is 4.59. The van der Waals surface area contributed by atoms with E-state index in [1.54, 1.807) is 6.20 Å². The molecular formula is C21H24N6OS. The highest BCUT2D eigenvalue weighted by Gasteiger charge is 2.22. The van der Waals surface area contributed by atoms with E-state index in [-0.39, 0.29) is 5.91 Å². The first-order valence-corrected chi connectivity index (χ1v) is 10.8. The summed E-state index contributed by atoms with van der Waals surface area (Å²) in [4.78, 5) is 30.4. The minimum absolute atomic E-state index is 0.123. The van der Waals surface area contributed by atoms with Gasteiger partial charge in [0.05, 0.1) is 11.3 Å². The Kier molecular flexibility index (Phi) is 6.09. The number of thioether (sulfide) groups is 1. The number of amides is 1. The summed E-state index contributed by atoms with van der Waals surface area (Å²) in [5.41, 5.74) is 0.886. The lowest BCUT2D eigenvalue weighted by Gasteiger charge is -2.35. The average Bonchev–Trinajstić information content (AvgIpc) is 2.78. The Morgan fingerprint density at radius 2 is 1.86 bits per heavy atom. The Labute approximate surface area is 174 Å². The highest BCUT2D eigenvalue weighted by Crippen LogP contribution is 2.24. The second-order valence-corrected chi connectivity index (χ2v) is 7.69. The van der Waals surface area contributed by atoms with Crippen LogP contribution in [0.15, 0.2) is 53.8 Å². The van der Waals surface area contributed by atoms with Gasteiger partial charge in [0.2, 0.25) is 5.91 Å². The standard InChI is InChI=1S/C21H24N6OS/c1-2-22-20-16-7-3-4-8-17(16)24-21(25-20)29-15-19(28)27-13-11-26(12-14-27)18-9-5-6-10-23-18/h3-10H,2,11-15H2,1H3,(H,22,24,25). The molecular weight excluding hydrogens is 384 g/mol. The van der Waals surface area contributed by atoms with Crippen LogP contribution in [0.5, 0.6) is 0 Å². The van der Waals surface area contributed by atoms with Gasteiger partial charge in [-0.25, -0.2) is 15.0 Å². The zero-order valence-corrected chi connectivity index (χ0v) is 17.2. The van der Waals surface area contributed by atoms with Crippen molar-refractivity contribution < 1.29 is 4.79 Å². The van der Waals surface area contributed by atoms with Crippen LogP contribution in [-0.4, -0.2) is 64.2 Å². The zero-order chi connectivity index (χ0) is 20.1. The van der Waals surface area contributed by atoms with Gasteiger partial charge in [0.15, 0.2) is 5.16 Å². The van der Waals surface area contributed by atoms with Crippen LogP contribution in [0.4, 0.5) is 11.6 Å². The van der Waals surface area contributed by atoms with Crippen LogP contribution >= 0.6 is 11.8 Å². The maximum Gasteiger partial charge on any atom is 0.233 e. The number of rotatable bonds is 6. The van der Waals surface area contributed by atoms with E-state index >= 15 is 0 Å². The van der Waals surface area contributed by atoms with Gasteiger partial charge in [-0.3, -0.25) is 4.79 Å². The summed E-state index contributed by atoms with van der Waals surface area (Å²) in [7, 11) is 0. The van der Waals surface area contributed by atoms with E-state index in [1.165, 1.54) is 11.8 Å². The largest absolute Gasteiger partial charge is 0.370 e. The molecule has 0 radical (unpaired) electrons. The van der Waals surface area contributed by atoms with E-state index in [9.17, 15) is 4.79 Å². The topological polar surface area (TPSA) is 74.2 Å². The van der Waals surface area contributed by atoms with Crippen LogP contribution in [0.1, 0.15) is 6.92 Å². The van der Waals surface area contributed by atoms with Gasteiger partial charge >= 0.3 is 0 Å². The molecule has 1 aromatic carbocycles. The third-order valence-corrected chi connectivity index (χ3v) is 5.69. The second kappa shape index (κ2) is 9.09. The molecule has 8 heteroatoms. The first-order valence-electron chi connectivity index (χ1n) is 9.82. The Hall–Kier alpha value is -2.87. The number of carbonyl (C=O) groups excluding carboxylic acids is 1. The van der Waals surface area contributed by atoms with Crippen molar-refractivity contribution in [2.45, 2.75) is 12.1 Å². The molecule has 0 aliphatic carbocycles. The summed E-state index contributed by atoms with van der Waals surface area (Å²) in [5, 5.41) is 4.91. The molecule has 4 rings (SSSR count). The highest BCUT2D eigenvalue weighted by atomic mass is 32.2. The zero-order valence-electron chi connectivity index (χ0n) is 16.4. The van der Waals surface area contributed by atoms with Gasteiger partial charge in [-0.1, -0.05) is 30.0 Å². The van der Waals surface area contributed by atoms with E-state index in [4.69, 9.17) is 0 Å². The minimum Gasteiger partial charge on any atom is -0.370 e. The van der Waals surface area contributed by atoms with Gasteiger partial charge in [-0.15, -0.1) is 0 Å². The van der Waals surface area contributed by atoms with Crippen LogP contribution in [-0.2, 0) is 4.79 Å². The molecule has 0 unspecified atom stereocenters. The smallest absolute Gasteiger partial charge is 0.233 e. The van der Waals surface area contributed by atoms with E-state index in [0.29, 0.717) is 24.0 Å². The van der Waals surface area contributed by atoms with E-state index < -0.39 is 0 Å². The second-order valence-electron chi connectivity index (χ2n) is 6.75. The van der Waals surface area contributed by atoms with Crippen molar-refractivity contribution in [1.82, 2.24) is 19.9 Å². The third-order valence-electron chi connectivity index (χ3n) is 4.86. The Morgan fingerprint density at radius 3 is 2.62 bits per heavy atom. The summed E-state index contributed by atoms with van der Waals surface area (Å²) in [5.74, 6) is 2.25. The molecule has 1 aliphatic rings. The van der Waals surface area contributed by atoms with Crippen molar-refractivity contribution in [3.05, 3.63) is 48.7 Å². The van der Waals surface area contributed by atoms with Gasteiger partial charge in [-0.05, 0) is 31.2 Å². The van der Waals surface area contributed by atoms with Crippen molar-refractivity contribution >= 4 is 40.2 Å². The lowest BCUT2D eigenvalue weighted by Crippen LogP contribution is -2.49. The molecule has 0 saturated carbocycles. The number of pyridine rings is 1. The lowest BCUT2D eigenvalue weighted by molar-refractivity contribution is -0.128. The summed E-state index contributed by atoms with van der Waals surface area (Å²) >= 11 is 1.39. The van der Waals surface area contributed by atoms with Crippen LogP contribution in [0.2, 0.25) is 0 Å². The number of carbonyl (C=O) groups is 1. The quantitative estimate of drug-likeness (QED) is 0.496. The highest BCUT2D eigenvalue weighted by molar-refractivity contribution is 7.99. The van der Waals surface area contributed by atoms with Crippen LogP contribution in [0.3, 0.4) is 0 Å². The van der Waals surface area contributed by atoms with Crippen LogP contribution in [0, 0.1) is 0 Å². The fourth-order valence-electron chi connectivity index (χ4n) is 3.37. The molecule has 1 amide bonds. The molecule has 1 saturated heterocycles. The number of benzene rings is 1. The number of fused-ring (bicyclic) bond motifs is 1. The van der Waals surface area contributed by atoms with E-state index in [0.717, 1.165) is 42.2 Å². The molecule has 1 aliphatic heterocycles. The summed E-state index contributed by atoms with van der Waals surface area (Å²) in [6.45, 7) is 5.83. The SMILES string of the molecule is CCNc1nc(SCC(=O)N2CCN(c3ccccn3)CC2)nc2ccccc12. The number of piperazine rings is 1. The van der Waals surface area contributed by atoms with Gasteiger partial charge in [0.25, 0.3) is 0 Å². The maximum absolute atomic E-state index is 12.7. The number of para-hydroxylation sites is 1. The number of aromatic nitrogens is 3. The minimum atomic E-state index is 0.123. The fourth-order valence-corrected chi connectivity index (χ4v) is 4.12. The Morgan fingerprint density at radius 1 is 1.07 bits per heavy atom. The van der Waals surface area contributed by atoms with E-state index in [1.807, 2.05) is 54.3 Å². The molecule has 0 bridgehead atoms. The molecule has 3 aromatic rings. The molecule has 1 fully saturated rings. The normalized spacial score (nSPS) is 14.2. The first kappa shape index (κ1) is 19.4. The molecule has 2 aromatic heterocycles. The number of hydrogen-bond acceptors (Lipinski definition) is 7. The predicted octanol–water partition coefficient (Wildman–Crippen LogP) is 2.90. The molecule has 3 heterocycles. The monoisotopic (exact) mass is 408 g/mol. The van der Waals surface area contributed by atoms with Crippen LogP contribution < -0.4 is 10.2 Å². The first-order chi connectivity index (χ1) is 14.2. The van der Waals surface area contributed by atoms with Crippen molar-refractivity contribution in [2.75, 3.05) is 48.7 Å². The number of hydrogen-bond donors (Lipinski definition) is 1. The van der Waals surface area contributed by atoms with Gasteiger partial charge in [-0.2, -0.15) is 0 Å². The Bertz CT molecular complexity index is 975. The van der Waals surface area contributed by atoms with Crippen molar-refractivity contribution in [2.24, 2.45) is 0 Å². The lowest BCUT2D eigenvalue weighted by atomic mass is 10.2. The number of nitrogens with one attached hydrogen (secondary N) is 1. The molecule has 7 nitrogen and oxygen atoms in total. The average molecular weight is 409 g/mol. The van der Waals surface area contributed by atoms with Crippen molar-refractivity contribution in [3.8, 4) is 0 Å². The molecule has 29 heavy (non-hydrogen) atoms. The molecule has 0 atom stereocenters. The van der Waals surface area contributed by atoms with Gasteiger partial charge in [0.1, 0.15) is 11.6 Å². The van der Waals surface area contributed by atoms with E-state index in [2.05, 4.69) is 25.2 Å².